The first-order valence-corrected chi connectivity index (χ1v) is 6.86. The molecule has 2 nitrogen and oxygen atoms in total. The Balaban J connectivity index is 2.27. The van der Waals surface area contributed by atoms with Crippen LogP contribution in [-0.4, -0.2) is 24.4 Å². The highest BCUT2D eigenvalue weighted by Crippen LogP contribution is 2.33. The Bertz CT molecular complexity index is 397. The molecule has 0 saturated heterocycles. The molecule has 0 aliphatic heterocycles. The fraction of sp³-hybridized carbons (Fsp3) is 0.615. The molecule has 1 aromatic heterocycles. The maximum absolute atomic E-state index is 12.1. The van der Waals surface area contributed by atoms with Crippen LogP contribution < -0.4 is 0 Å². The summed E-state index contributed by atoms with van der Waals surface area (Å²) in [5.74, 6) is 0.965. The third-order valence-electron chi connectivity index (χ3n) is 3.45. The maximum Gasteiger partial charge on any atom is 0.254 e. The van der Waals surface area contributed by atoms with Crippen molar-refractivity contribution < 1.29 is 4.79 Å². The first-order chi connectivity index (χ1) is 7.63. The van der Waals surface area contributed by atoms with E-state index in [2.05, 4.69) is 12.3 Å². The molecule has 0 spiro atoms. The molecule has 0 bridgehead atoms. The first kappa shape index (κ1) is 11.6. The van der Waals surface area contributed by atoms with E-state index in [0.717, 1.165) is 30.9 Å². The smallest absolute Gasteiger partial charge is 0.254 e. The van der Waals surface area contributed by atoms with E-state index >= 15 is 0 Å². The van der Waals surface area contributed by atoms with Crippen LogP contribution in [0.1, 0.15) is 41.1 Å². The van der Waals surface area contributed by atoms with Crippen molar-refractivity contribution in [2.75, 3.05) is 13.6 Å². The SMILES string of the molecule is CCN(C)C(=O)c1csc2c1CCC(C)C2. The Kier molecular flexibility index (Phi) is 3.33. The molecule has 1 aromatic rings. The molecule has 16 heavy (non-hydrogen) atoms. The number of fused-ring (bicyclic) bond motifs is 1. The van der Waals surface area contributed by atoms with Gasteiger partial charge in [-0.15, -0.1) is 11.3 Å². The van der Waals surface area contributed by atoms with Gasteiger partial charge in [0, 0.05) is 23.8 Å². The maximum atomic E-state index is 12.1. The quantitative estimate of drug-likeness (QED) is 0.774. The van der Waals surface area contributed by atoms with Gasteiger partial charge < -0.3 is 4.90 Å². The van der Waals surface area contributed by atoms with Crippen LogP contribution in [-0.2, 0) is 12.8 Å². The molecule has 88 valence electrons. The van der Waals surface area contributed by atoms with Gasteiger partial charge in [0.25, 0.3) is 5.91 Å². The predicted octanol–water partition coefficient (Wildman–Crippen LogP) is 2.96. The largest absolute Gasteiger partial charge is 0.342 e. The average Bonchev–Trinajstić information content (AvgIpc) is 2.69. The third-order valence-corrected chi connectivity index (χ3v) is 4.50. The number of thiophene rings is 1. The minimum absolute atomic E-state index is 0.189. The van der Waals surface area contributed by atoms with E-state index in [1.807, 2.05) is 14.0 Å². The summed E-state index contributed by atoms with van der Waals surface area (Å²) in [4.78, 5) is 15.4. The van der Waals surface area contributed by atoms with Crippen molar-refractivity contribution in [1.29, 1.82) is 0 Å². The minimum Gasteiger partial charge on any atom is -0.342 e. The first-order valence-electron chi connectivity index (χ1n) is 5.98. The summed E-state index contributed by atoms with van der Waals surface area (Å²) in [6, 6.07) is 0. The zero-order valence-electron chi connectivity index (χ0n) is 10.2. The monoisotopic (exact) mass is 237 g/mol. The van der Waals surface area contributed by atoms with Crippen LogP contribution in [0.25, 0.3) is 0 Å². The summed E-state index contributed by atoms with van der Waals surface area (Å²) in [6.45, 7) is 5.08. The molecular formula is C13H19NOS. The Hall–Kier alpha value is -0.830. The van der Waals surface area contributed by atoms with Gasteiger partial charge in [0.05, 0.1) is 5.56 Å². The van der Waals surface area contributed by atoms with Crippen molar-refractivity contribution in [3.63, 3.8) is 0 Å². The van der Waals surface area contributed by atoms with Gasteiger partial charge in [0.15, 0.2) is 0 Å². The van der Waals surface area contributed by atoms with Gasteiger partial charge in [0.1, 0.15) is 0 Å². The molecule has 0 N–H and O–H groups in total. The van der Waals surface area contributed by atoms with E-state index in [1.165, 1.54) is 16.9 Å². The average molecular weight is 237 g/mol. The van der Waals surface area contributed by atoms with Crippen molar-refractivity contribution >= 4 is 17.2 Å². The lowest BCUT2D eigenvalue weighted by Crippen LogP contribution is -2.27. The second-order valence-electron chi connectivity index (χ2n) is 4.72. The molecule has 2 rings (SSSR count). The Morgan fingerprint density at radius 2 is 2.38 bits per heavy atom. The van der Waals surface area contributed by atoms with Gasteiger partial charge in [-0.2, -0.15) is 0 Å². The minimum atomic E-state index is 0.189. The highest BCUT2D eigenvalue weighted by Gasteiger charge is 2.24. The fourth-order valence-corrected chi connectivity index (χ4v) is 3.44. The summed E-state index contributed by atoms with van der Waals surface area (Å²) in [7, 11) is 1.87. The van der Waals surface area contributed by atoms with E-state index in [9.17, 15) is 4.79 Å². The van der Waals surface area contributed by atoms with Crippen LogP contribution in [0.4, 0.5) is 0 Å². The molecule has 0 aromatic carbocycles. The molecule has 1 atom stereocenters. The molecule has 3 heteroatoms. The molecule has 1 unspecified atom stereocenters. The lowest BCUT2D eigenvalue weighted by molar-refractivity contribution is 0.0801. The van der Waals surface area contributed by atoms with E-state index in [1.54, 1.807) is 16.2 Å². The molecule has 1 amide bonds. The number of amides is 1. The molecule has 1 aliphatic carbocycles. The van der Waals surface area contributed by atoms with Crippen LogP contribution in [0.2, 0.25) is 0 Å². The van der Waals surface area contributed by atoms with Crippen molar-refractivity contribution in [3.8, 4) is 0 Å². The zero-order valence-corrected chi connectivity index (χ0v) is 11.1. The van der Waals surface area contributed by atoms with Crippen molar-refractivity contribution in [1.82, 2.24) is 4.90 Å². The molecule has 0 saturated carbocycles. The second-order valence-corrected chi connectivity index (χ2v) is 5.68. The van der Waals surface area contributed by atoms with Crippen molar-refractivity contribution in [2.24, 2.45) is 5.92 Å². The summed E-state index contributed by atoms with van der Waals surface area (Å²) >= 11 is 1.76. The zero-order chi connectivity index (χ0) is 11.7. The number of hydrogen-bond acceptors (Lipinski definition) is 2. The Labute approximate surface area is 101 Å². The standard InChI is InChI=1S/C13H19NOS/c1-4-14(3)13(15)11-8-16-12-7-9(2)5-6-10(11)12/h8-9H,4-7H2,1-3H3. The van der Waals surface area contributed by atoms with Gasteiger partial charge in [0.2, 0.25) is 0 Å². The van der Waals surface area contributed by atoms with Crippen LogP contribution in [0.15, 0.2) is 5.38 Å². The topological polar surface area (TPSA) is 20.3 Å². The molecule has 0 radical (unpaired) electrons. The molecule has 1 heterocycles. The normalized spacial score (nSPS) is 19.3. The predicted molar refractivity (Wildman–Crippen MR) is 68.1 cm³/mol. The number of carbonyl (C=O) groups excluding carboxylic acids is 1. The van der Waals surface area contributed by atoms with Crippen LogP contribution >= 0.6 is 11.3 Å². The summed E-state index contributed by atoms with van der Waals surface area (Å²) in [6.07, 6.45) is 3.46. The van der Waals surface area contributed by atoms with Crippen LogP contribution in [0.5, 0.6) is 0 Å². The number of carbonyl (C=O) groups is 1. The van der Waals surface area contributed by atoms with Crippen molar-refractivity contribution in [3.05, 3.63) is 21.4 Å². The van der Waals surface area contributed by atoms with E-state index in [4.69, 9.17) is 0 Å². The van der Waals surface area contributed by atoms with Gasteiger partial charge in [-0.3, -0.25) is 4.79 Å². The number of nitrogens with zero attached hydrogens (tertiary/aromatic N) is 1. The Morgan fingerprint density at radius 1 is 1.62 bits per heavy atom. The number of hydrogen-bond donors (Lipinski definition) is 0. The van der Waals surface area contributed by atoms with E-state index in [-0.39, 0.29) is 5.91 Å². The Morgan fingerprint density at radius 3 is 3.06 bits per heavy atom. The van der Waals surface area contributed by atoms with Crippen LogP contribution in [0.3, 0.4) is 0 Å². The summed E-state index contributed by atoms with van der Waals surface area (Å²) < 4.78 is 0. The van der Waals surface area contributed by atoms with Crippen LogP contribution in [0, 0.1) is 5.92 Å². The summed E-state index contributed by atoms with van der Waals surface area (Å²) in [5.41, 5.74) is 2.28. The fourth-order valence-electron chi connectivity index (χ4n) is 2.21. The highest BCUT2D eigenvalue weighted by molar-refractivity contribution is 7.10. The highest BCUT2D eigenvalue weighted by atomic mass is 32.1. The third kappa shape index (κ3) is 2.01. The van der Waals surface area contributed by atoms with Gasteiger partial charge in [-0.05, 0) is 37.7 Å². The molecular weight excluding hydrogens is 218 g/mol. The lowest BCUT2D eigenvalue weighted by Gasteiger charge is -2.20. The van der Waals surface area contributed by atoms with Gasteiger partial charge in [-0.25, -0.2) is 0 Å². The van der Waals surface area contributed by atoms with E-state index in [0.29, 0.717) is 0 Å². The van der Waals surface area contributed by atoms with Gasteiger partial charge >= 0.3 is 0 Å². The van der Waals surface area contributed by atoms with Crippen molar-refractivity contribution in [2.45, 2.75) is 33.1 Å². The number of rotatable bonds is 2. The van der Waals surface area contributed by atoms with E-state index < -0.39 is 0 Å². The summed E-state index contributed by atoms with van der Waals surface area (Å²) in [5, 5.41) is 2.05. The lowest BCUT2D eigenvalue weighted by atomic mass is 9.88. The van der Waals surface area contributed by atoms with Gasteiger partial charge in [-0.1, -0.05) is 6.92 Å². The molecule has 1 aliphatic rings. The second kappa shape index (κ2) is 4.58. The molecule has 0 fully saturated rings.